The summed E-state index contributed by atoms with van der Waals surface area (Å²) in [6.45, 7) is 6.27. The molecule has 2 N–H and O–H groups in total. The Labute approximate surface area is 183 Å². The van der Waals surface area contributed by atoms with E-state index in [1.165, 1.54) is 16.1 Å². The molecule has 162 valence electrons. The highest BCUT2D eigenvalue weighted by Crippen LogP contribution is 2.29. The van der Waals surface area contributed by atoms with Gasteiger partial charge in [-0.1, -0.05) is 57.2 Å². The summed E-state index contributed by atoms with van der Waals surface area (Å²) in [5, 5.41) is 10.0. The molecule has 7 heteroatoms. The van der Waals surface area contributed by atoms with Crippen LogP contribution in [0.15, 0.2) is 53.6 Å². The average molecular weight is 420 g/mol. The van der Waals surface area contributed by atoms with Gasteiger partial charge >= 0.3 is 0 Å². The van der Waals surface area contributed by atoms with Gasteiger partial charge in [0.15, 0.2) is 0 Å². The lowest BCUT2D eigenvalue weighted by molar-refractivity contribution is -0.139. The van der Waals surface area contributed by atoms with Crippen LogP contribution in [-0.4, -0.2) is 40.8 Å². The normalized spacial score (nSPS) is 20.3. The number of hydrazine groups is 1. The Bertz CT molecular complexity index is 968. The summed E-state index contributed by atoms with van der Waals surface area (Å²) >= 11 is 0. The van der Waals surface area contributed by atoms with E-state index in [1.54, 1.807) is 11.3 Å². The summed E-state index contributed by atoms with van der Waals surface area (Å²) in [5.74, 6) is -0.0108. The van der Waals surface area contributed by atoms with Crippen LogP contribution in [0.2, 0.25) is 0 Å². The van der Waals surface area contributed by atoms with E-state index in [1.807, 2.05) is 24.3 Å². The van der Waals surface area contributed by atoms with Crippen LogP contribution >= 0.6 is 0 Å². The maximum atomic E-state index is 12.9. The minimum atomic E-state index is -0.369. The Morgan fingerprint density at radius 3 is 2.52 bits per heavy atom. The highest BCUT2D eigenvalue weighted by atomic mass is 16.2. The van der Waals surface area contributed by atoms with Crippen LogP contribution in [-0.2, 0) is 16.0 Å². The van der Waals surface area contributed by atoms with Crippen LogP contribution in [0.4, 0.5) is 5.69 Å². The maximum Gasteiger partial charge on any atom is 0.267 e. The molecule has 2 atom stereocenters. The van der Waals surface area contributed by atoms with E-state index in [-0.39, 0.29) is 30.4 Å². The number of nitrogens with one attached hydrogen (secondary N) is 2. The fourth-order valence-corrected chi connectivity index (χ4v) is 3.94. The number of nitrogens with zero attached hydrogens (tertiary/aromatic N) is 3. The molecule has 2 aromatic carbocycles. The highest BCUT2D eigenvalue weighted by molar-refractivity contribution is 5.96. The van der Waals surface area contributed by atoms with Crippen LogP contribution in [0.3, 0.4) is 0 Å². The van der Waals surface area contributed by atoms with Crippen molar-refractivity contribution < 1.29 is 9.59 Å². The van der Waals surface area contributed by atoms with Gasteiger partial charge in [0.2, 0.25) is 5.91 Å². The Balaban J connectivity index is 1.36. The number of hydrogen-bond donors (Lipinski definition) is 2. The second-order valence-corrected chi connectivity index (χ2v) is 8.39. The van der Waals surface area contributed by atoms with Gasteiger partial charge in [0.25, 0.3) is 5.91 Å². The first-order valence-electron chi connectivity index (χ1n) is 10.8. The van der Waals surface area contributed by atoms with Crippen molar-refractivity contribution in [3.63, 3.8) is 0 Å². The Morgan fingerprint density at radius 2 is 1.87 bits per heavy atom. The second kappa shape index (κ2) is 8.89. The van der Waals surface area contributed by atoms with Gasteiger partial charge in [-0.15, -0.1) is 0 Å². The van der Waals surface area contributed by atoms with Crippen molar-refractivity contribution in [1.82, 2.24) is 15.4 Å². The Morgan fingerprint density at radius 1 is 1.16 bits per heavy atom. The third-order valence-electron chi connectivity index (χ3n) is 5.90. The third-order valence-corrected chi connectivity index (χ3v) is 5.90. The molecule has 0 saturated carbocycles. The zero-order chi connectivity index (χ0) is 22.0. The first kappa shape index (κ1) is 21.1. The number of benzene rings is 2. The molecule has 0 aliphatic carbocycles. The number of amides is 2. The lowest BCUT2D eigenvalue weighted by Gasteiger charge is -2.29. The fraction of sp³-hybridized carbons (Fsp3) is 0.375. The number of carbonyl (C=O) groups is 2. The minimum Gasteiger partial charge on any atom is -0.324 e. The van der Waals surface area contributed by atoms with Crippen molar-refractivity contribution in [1.29, 1.82) is 0 Å². The van der Waals surface area contributed by atoms with E-state index in [4.69, 9.17) is 0 Å². The standard InChI is InChI=1S/C24H29N5O2/c1-4-17-5-7-19(8-6-17)21-13-22-24(31)28(25-15-29(22)27-21)14-23(30)26-20-11-9-18(10-12-20)16(2)3/h5-12,15-16,21-22,27H,4,13-14H2,1-3H3,(H,26,30). The molecule has 0 bridgehead atoms. The number of aryl methyl sites for hydroxylation is 1. The molecular weight excluding hydrogens is 390 g/mol. The largest absolute Gasteiger partial charge is 0.324 e. The summed E-state index contributed by atoms with van der Waals surface area (Å²) in [6, 6.07) is 15.9. The zero-order valence-electron chi connectivity index (χ0n) is 18.2. The molecule has 0 aromatic heterocycles. The van der Waals surface area contributed by atoms with Crippen molar-refractivity contribution in [2.45, 2.75) is 51.6 Å². The number of carbonyl (C=O) groups excluding carboxylic acids is 2. The lowest BCUT2D eigenvalue weighted by atomic mass is 9.99. The number of anilines is 1. The predicted octanol–water partition coefficient (Wildman–Crippen LogP) is 3.42. The summed E-state index contributed by atoms with van der Waals surface area (Å²) in [6.07, 6.45) is 3.22. The van der Waals surface area contributed by atoms with Crippen LogP contribution < -0.4 is 10.7 Å². The number of hydrazone groups is 1. The average Bonchev–Trinajstić information content (AvgIpc) is 3.21. The monoisotopic (exact) mass is 419 g/mol. The van der Waals surface area contributed by atoms with Crippen LogP contribution in [0.25, 0.3) is 0 Å². The number of rotatable bonds is 6. The Kier molecular flexibility index (Phi) is 6.04. The first-order valence-corrected chi connectivity index (χ1v) is 10.8. The van der Waals surface area contributed by atoms with Gasteiger partial charge in [-0.25, -0.2) is 10.4 Å². The fourth-order valence-electron chi connectivity index (χ4n) is 3.94. The van der Waals surface area contributed by atoms with Gasteiger partial charge in [-0.05, 0) is 47.6 Å². The SMILES string of the molecule is CCc1ccc(C2CC3C(=O)N(CC(=O)Nc4ccc(C(C)C)cc4)N=CN3N2)cc1. The first-order chi connectivity index (χ1) is 14.9. The van der Waals surface area contributed by atoms with Gasteiger partial charge < -0.3 is 5.32 Å². The molecule has 2 unspecified atom stereocenters. The summed E-state index contributed by atoms with van der Waals surface area (Å²) < 4.78 is 0. The van der Waals surface area contributed by atoms with Crippen LogP contribution in [0, 0.1) is 0 Å². The van der Waals surface area contributed by atoms with Gasteiger partial charge in [0, 0.05) is 5.69 Å². The van der Waals surface area contributed by atoms with Crippen LogP contribution in [0.1, 0.15) is 55.8 Å². The van der Waals surface area contributed by atoms with Gasteiger partial charge in [-0.2, -0.15) is 5.10 Å². The molecule has 2 aliphatic rings. The molecule has 4 rings (SSSR count). The van der Waals surface area contributed by atoms with Crippen molar-refractivity contribution in [2.24, 2.45) is 5.10 Å². The molecule has 0 radical (unpaired) electrons. The van der Waals surface area contributed by atoms with E-state index < -0.39 is 0 Å². The van der Waals surface area contributed by atoms with E-state index in [2.05, 4.69) is 60.9 Å². The molecule has 2 aromatic rings. The third kappa shape index (κ3) is 4.61. The van der Waals surface area contributed by atoms with E-state index in [0.717, 1.165) is 12.0 Å². The number of hydrogen-bond acceptors (Lipinski definition) is 5. The number of fused-ring (bicyclic) bond motifs is 1. The van der Waals surface area contributed by atoms with E-state index >= 15 is 0 Å². The summed E-state index contributed by atoms with van der Waals surface area (Å²) in [7, 11) is 0. The van der Waals surface area contributed by atoms with Gasteiger partial charge in [0.1, 0.15) is 18.9 Å². The smallest absolute Gasteiger partial charge is 0.267 e. The van der Waals surface area contributed by atoms with Crippen molar-refractivity contribution >= 4 is 23.8 Å². The highest BCUT2D eigenvalue weighted by Gasteiger charge is 2.41. The molecule has 1 saturated heterocycles. The molecule has 7 nitrogen and oxygen atoms in total. The van der Waals surface area contributed by atoms with Crippen molar-refractivity contribution in [3.8, 4) is 0 Å². The Hall–Kier alpha value is -3.19. The minimum absolute atomic E-state index is 0.0413. The lowest BCUT2D eigenvalue weighted by Crippen LogP contribution is -2.52. The topological polar surface area (TPSA) is 77.0 Å². The quantitative estimate of drug-likeness (QED) is 0.752. The van der Waals surface area contributed by atoms with E-state index in [9.17, 15) is 9.59 Å². The molecule has 2 aliphatic heterocycles. The summed E-state index contributed by atoms with van der Waals surface area (Å²) in [5.41, 5.74) is 7.69. The summed E-state index contributed by atoms with van der Waals surface area (Å²) in [4.78, 5) is 25.4. The molecule has 0 spiro atoms. The molecule has 1 fully saturated rings. The van der Waals surface area contributed by atoms with Crippen molar-refractivity contribution in [3.05, 3.63) is 65.2 Å². The zero-order valence-corrected chi connectivity index (χ0v) is 18.2. The predicted molar refractivity (Wildman–Crippen MR) is 121 cm³/mol. The van der Waals surface area contributed by atoms with Crippen molar-refractivity contribution in [2.75, 3.05) is 11.9 Å². The maximum absolute atomic E-state index is 12.9. The second-order valence-electron chi connectivity index (χ2n) is 8.39. The molecular formula is C24H29N5O2. The molecule has 31 heavy (non-hydrogen) atoms. The van der Waals surface area contributed by atoms with Gasteiger partial charge in [-0.3, -0.25) is 14.6 Å². The van der Waals surface area contributed by atoms with Gasteiger partial charge in [0.05, 0.1) is 6.04 Å². The van der Waals surface area contributed by atoms with Crippen LogP contribution in [0.5, 0.6) is 0 Å². The van der Waals surface area contributed by atoms with E-state index in [0.29, 0.717) is 18.0 Å². The molecule has 2 heterocycles. The molecule has 2 amide bonds.